The molecule has 1 heterocycles. The second kappa shape index (κ2) is 3.01. The van der Waals surface area contributed by atoms with Gasteiger partial charge in [0.2, 0.25) is 0 Å². The van der Waals surface area contributed by atoms with Gasteiger partial charge in [-0.05, 0) is 20.5 Å². The molecule has 1 atom stereocenters. The summed E-state index contributed by atoms with van der Waals surface area (Å²) in [5, 5.41) is 0. The Morgan fingerprint density at radius 3 is 2.80 bits per heavy atom. The van der Waals surface area contributed by atoms with Crippen molar-refractivity contribution < 1.29 is 9.53 Å². The van der Waals surface area contributed by atoms with Crippen molar-refractivity contribution in [3.63, 3.8) is 0 Å². The van der Waals surface area contributed by atoms with E-state index in [9.17, 15) is 4.79 Å². The third-order valence-electron chi connectivity index (χ3n) is 1.54. The van der Waals surface area contributed by atoms with Crippen LogP contribution in [0.3, 0.4) is 0 Å². The van der Waals surface area contributed by atoms with Gasteiger partial charge in [0.25, 0.3) is 0 Å². The molecule has 1 saturated heterocycles. The van der Waals surface area contributed by atoms with Crippen LogP contribution in [0.4, 0.5) is 0 Å². The maximum atomic E-state index is 10.6. The van der Waals surface area contributed by atoms with E-state index >= 15 is 0 Å². The van der Waals surface area contributed by atoms with Crippen molar-refractivity contribution in [1.29, 1.82) is 0 Å². The Morgan fingerprint density at radius 2 is 2.40 bits per heavy atom. The van der Waals surface area contributed by atoms with Gasteiger partial charge < -0.3 is 9.64 Å². The first-order valence-electron chi connectivity index (χ1n) is 3.52. The second-order valence-electron chi connectivity index (χ2n) is 2.91. The van der Waals surface area contributed by atoms with Gasteiger partial charge in [0.05, 0.1) is 0 Å². The smallest absolute Gasteiger partial charge is 0.306 e. The Hall–Kier alpha value is -0.570. The summed E-state index contributed by atoms with van der Waals surface area (Å²) < 4.78 is 4.99. The molecule has 1 unspecified atom stereocenters. The molecule has 1 aliphatic heterocycles. The van der Waals surface area contributed by atoms with E-state index in [0.29, 0.717) is 6.42 Å². The van der Waals surface area contributed by atoms with Gasteiger partial charge in [0.15, 0.2) is 0 Å². The minimum atomic E-state index is -0.0492. The van der Waals surface area contributed by atoms with Gasteiger partial charge in [-0.3, -0.25) is 4.79 Å². The number of carbonyl (C=O) groups is 1. The molecule has 0 amide bonds. The molecule has 0 saturated carbocycles. The summed E-state index contributed by atoms with van der Waals surface area (Å²) in [6, 6.07) is 0. The molecule has 1 aliphatic rings. The molecular formula is C7H13NO2. The molecule has 1 rings (SSSR count). The van der Waals surface area contributed by atoms with Crippen molar-refractivity contribution in [2.24, 2.45) is 0 Å². The van der Waals surface area contributed by atoms with Crippen LogP contribution >= 0.6 is 0 Å². The van der Waals surface area contributed by atoms with Crippen LogP contribution in [0.1, 0.15) is 12.8 Å². The number of ether oxygens (including phenoxy) is 1. The van der Waals surface area contributed by atoms with Crippen molar-refractivity contribution in [3.8, 4) is 0 Å². The van der Waals surface area contributed by atoms with E-state index in [1.54, 1.807) is 0 Å². The Balaban J connectivity index is 2.24. The van der Waals surface area contributed by atoms with Gasteiger partial charge in [0, 0.05) is 13.0 Å². The molecule has 10 heavy (non-hydrogen) atoms. The summed E-state index contributed by atoms with van der Waals surface area (Å²) in [6.45, 7) is 0.853. The average Bonchev–Trinajstić information content (AvgIpc) is 2.13. The fourth-order valence-corrected chi connectivity index (χ4v) is 1.12. The summed E-state index contributed by atoms with van der Waals surface area (Å²) in [5.74, 6) is -0.0492. The van der Waals surface area contributed by atoms with E-state index in [2.05, 4.69) is 0 Å². The lowest BCUT2D eigenvalue weighted by Gasteiger charge is -2.14. The zero-order chi connectivity index (χ0) is 7.56. The minimum absolute atomic E-state index is 0.0492. The third-order valence-corrected chi connectivity index (χ3v) is 1.54. The number of cyclic esters (lactones) is 1. The monoisotopic (exact) mass is 143 g/mol. The van der Waals surface area contributed by atoms with E-state index in [0.717, 1.165) is 13.0 Å². The maximum Gasteiger partial charge on any atom is 0.306 e. The number of hydrogen-bond donors (Lipinski definition) is 0. The quantitative estimate of drug-likeness (QED) is 0.519. The highest BCUT2D eigenvalue weighted by Crippen LogP contribution is 2.13. The van der Waals surface area contributed by atoms with Crippen LogP contribution in [-0.4, -0.2) is 37.6 Å². The summed E-state index contributed by atoms with van der Waals surface area (Å²) >= 11 is 0. The van der Waals surface area contributed by atoms with Crippen molar-refractivity contribution in [1.82, 2.24) is 4.90 Å². The second-order valence-corrected chi connectivity index (χ2v) is 2.91. The van der Waals surface area contributed by atoms with Crippen LogP contribution < -0.4 is 0 Å². The van der Waals surface area contributed by atoms with Crippen LogP contribution in [0.5, 0.6) is 0 Å². The molecular weight excluding hydrogens is 130 g/mol. The van der Waals surface area contributed by atoms with Crippen LogP contribution in [0, 0.1) is 0 Å². The van der Waals surface area contributed by atoms with E-state index in [4.69, 9.17) is 4.74 Å². The molecule has 0 spiro atoms. The molecule has 0 aliphatic carbocycles. The third kappa shape index (κ3) is 1.99. The Labute approximate surface area is 61.0 Å². The summed E-state index contributed by atoms with van der Waals surface area (Å²) in [7, 11) is 3.96. The molecule has 3 heteroatoms. The fourth-order valence-electron chi connectivity index (χ4n) is 1.12. The van der Waals surface area contributed by atoms with E-state index in [-0.39, 0.29) is 12.1 Å². The van der Waals surface area contributed by atoms with Gasteiger partial charge in [0.1, 0.15) is 6.10 Å². The molecule has 0 aromatic carbocycles. The molecule has 3 nitrogen and oxygen atoms in total. The topological polar surface area (TPSA) is 29.5 Å². The highest BCUT2D eigenvalue weighted by Gasteiger charge is 2.23. The number of esters is 1. The van der Waals surface area contributed by atoms with Crippen molar-refractivity contribution in [3.05, 3.63) is 0 Å². The van der Waals surface area contributed by atoms with Gasteiger partial charge in [-0.2, -0.15) is 0 Å². The number of carbonyl (C=O) groups excluding carboxylic acids is 1. The van der Waals surface area contributed by atoms with Crippen LogP contribution in [0.2, 0.25) is 0 Å². The summed E-state index contributed by atoms with van der Waals surface area (Å²) in [4.78, 5) is 12.6. The SMILES string of the molecule is CN(C)CC1CCC(=O)O1. The molecule has 0 aromatic rings. The lowest BCUT2D eigenvalue weighted by atomic mass is 10.2. The van der Waals surface area contributed by atoms with Crippen LogP contribution in [-0.2, 0) is 9.53 Å². The zero-order valence-electron chi connectivity index (χ0n) is 6.46. The van der Waals surface area contributed by atoms with E-state index < -0.39 is 0 Å². The molecule has 0 N–H and O–H groups in total. The maximum absolute atomic E-state index is 10.6. The van der Waals surface area contributed by atoms with E-state index in [1.165, 1.54) is 0 Å². The summed E-state index contributed by atoms with van der Waals surface area (Å²) in [5.41, 5.74) is 0. The largest absolute Gasteiger partial charge is 0.461 e. The first-order valence-corrected chi connectivity index (χ1v) is 3.52. The van der Waals surface area contributed by atoms with Gasteiger partial charge in [-0.15, -0.1) is 0 Å². The fraction of sp³-hybridized carbons (Fsp3) is 0.857. The average molecular weight is 143 g/mol. The van der Waals surface area contributed by atoms with Crippen molar-refractivity contribution in [2.45, 2.75) is 18.9 Å². The van der Waals surface area contributed by atoms with Gasteiger partial charge >= 0.3 is 5.97 Å². The molecule has 58 valence electrons. The number of likely N-dealkylation sites (N-methyl/N-ethyl adjacent to an activating group) is 1. The van der Waals surface area contributed by atoms with Gasteiger partial charge in [-0.25, -0.2) is 0 Å². The standard InChI is InChI=1S/C7H13NO2/c1-8(2)5-6-3-4-7(9)10-6/h6H,3-5H2,1-2H3. The highest BCUT2D eigenvalue weighted by atomic mass is 16.5. The van der Waals surface area contributed by atoms with Crippen molar-refractivity contribution in [2.75, 3.05) is 20.6 Å². The van der Waals surface area contributed by atoms with Gasteiger partial charge in [-0.1, -0.05) is 0 Å². The van der Waals surface area contributed by atoms with Crippen LogP contribution in [0.15, 0.2) is 0 Å². The lowest BCUT2D eigenvalue weighted by Crippen LogP contribution is -2.25. The normalized spacial score (nSPS) is 25.5. The summed E-state index contributed by atoms with van der Waals surface area (Å²) in [6.07, 6.45) is 1.62. The predicted molar refractivity (Wildman–Crippen MR) is 37.7 cm³/mol. The first kappa shape index (κ1) is 7.54. The Bertz CT molecular complexity index is 134. The molecule has 0 radical (unpaired) electrons. The first-order chi connectivity index (χ1) is 4.68. The minimum Gasteiger partial charge on any atom is -0.461 e. The predicted octanol–water partition coefficient (Wildman–Crippen LogP) is 0.254. The van der Waals surface area contributed by atoms with Crippen LogP contribution in [0.25, 0.3) is 0 Å². The van der Waals surface area contributed by atoms with Crippen molar-refractivity contribution >= 4 is 5.97 Å². The molecule has 0 bridgehead atoms. The highest BCUT2D eigenvalue weighted by molar-refractivity contribution is 5.71. The Kier molecular flexibility index (Phi) is 2.27. The number of hydrogen-bond acceptors (Lipinski definition) is 3. The molecule has 1 fully saturated rings. The zero-order valence-corrected chi connectivity index (χ0v) is 6.46. The number of nitrogens with zero attached hydrogens (tertiary/aromatic N) is 1. The Morgan fingerprint density at radius 1 is 1.70 bits per heavy atom. The molecule has 0 aromatic heterocycles. The lowest BCUT2D eigenvalue weighted by molar-refractivity contribution is -0.141. The van der Waals surface area contributed by atoms with E-state index in [1.807, 2.05) is 19.0 Å². The number of rotatable bonds is 2.